The number of nitriles is 1. The van der Waals surface area contributed by atoms with Gasteiger partial charge in [0.15, 0.2) is 5.69 Å². The predicted molar refractivity (Wildman–Crippen MR) is 99.8 cm³/mol. The van der Waals surface area contributed by atoms with Crippen LogP contribution >= 0.6 is 11.3 Å². The smallest absolute Gasteiger partial charge is 0.338 e. The van der Waals surface area contributed by atoms with Crippen LogP contribution in [-0.2, 0) is 6.18 Å². The van der Waals surface area contributed by atoms with Crippen LogP contribution in [0.4, 0.5) is 18.0 Å². The van der Waals surface area contributed by atoms with Gasteiger partial charge in [-0.1, -0.05) is 0 Å². The van der Waals surface area contributed by atoms with Gasteiger partial charge in [0.1, 0.15) is 17.2 Å². The van der Waals surface area contributed by atoms with Crippen LogP contribution in [0.2, 0.25) is 0 Å². The van der Waals surface area contributed by atoms with Crippen molar-refractivity contribution in [1.29, 1.82) is 5.26 Å². The van der Waals surface area contributed by atoms with Gasteiger partial charge in [0.05, 0.1) is 0 Å². The third-order valence-electron chi connectivity index (χ3n) is 3.86. The molecule has 0 aliphatic carbocycles. The molecular weight excluding hydrogens is 407 g/mol. The van der Waals surface area contributed by atoms with Crippen molar-refractivity contribution in [2.75, 3.05) is 6.54 Å². The Morgan fingerprint density at radius 3 is 2.69 bits per heavy atom. The van der Waals surface area contributed by atoms with Gasteiger partial charge in [-0.25, -0.2) is 19.7 Å². The van der Waals surface area contributed by atoms with E-state index in [4.69, 9.17) is 5.26 Å². The lowest BCUT2D eigenvalue weighted by molar-refractivity contribution is -0.140. The van der Waals surface area contributed by atoms with Crippen molar-refractivity contribution >= 4 is 34.7 Å². The summed E-state index contributed by atoms with van der Waals surface area (Å²) in [5, 5.41) is 15.2. The van der Waals surface area contributed by atoms with E-state index in [0.717, 1.165) is 16.7 Å². The largest absolute Gasteiger partial charge is 0.434 e. The molecule has 1 unspecified atom stereocenters. The molecule has 0 saturated heterocycles. The number of alkyl halides is 3. The number of hydrogen-bond acceptors (Lipinski definition) is 7. The minimum Gasteiger partial charge on any atom is -0.338 e. The summed E-state index contributed by atoms with van der Waals surface area (Å²) < 4.78 is 39.0. The van der Waals surface area contributed by atoms with Crippen molar-refractivity contribution < 1.29 is 18.0 Å². The van der Waals surface area contributed by atoms with E-state index < -0.39 is 24.1 Å². The molecule has 2 amide bonds. The lowest BCUT2D eigenvalue weighted by Crippen LogP contribution is -2.42. The lowest BCUT2D eigenvalue weighted by Gasteiger charge is -2.22. The van der Waals surface area contributed by atoms with Crippen LogP contribution in [0.1, 0.15) is 35.4 Å². The highest BCUT2D eigenvalue weighted by Gasteiger charge is 2.35. The molecule has 8 nitrogen and oxygen atoms in total. The third kappa shape index (κ3) is 4.75. The highest BCUT2D eigenvalue weighted by atomic mass is 32.1. The number of carbonyl (C=O) groups is 1. The second-order valence-electron chi connectivity index (χ2n) is 5.84. The molecule has 0 fully saturated rings. The van der Waals surface area contributed by atoms with Crippen molar-refractivity contribution in [1.82, 2.24) is 25.6 Å². The molecule has 0 aromatic carbocycles. The second kappa shape index (κ2) is 8.36. The Labute approximate surface area is 167 Å². The number of carbonyl (C=O) groups excluding carboxylic acids is 1. The molecule has 1 aliphatic rings. The van der Waals surface area contributed by atoms with Crippen LogP contribution in [0, 0.1) is 11.3 Å². The molecule has 0 bridgehead atoms. The number of urea groups is 1. The van der Waals surface area contributed by atoms with E-state index in [1.54, 1.807) is 13.0 Å². The highest BCUT2D eigenvalue weighted by Crippen LogP contribution is 2.37. The fourth-order valence-corrected chi connectivity index (χ4v) is 3.46. The average Bonchev–Trinajstić information content (AvgIpc) is 3.19. The van der Waals surface area contributed by atoms with E-state index in [9.17, 15) is 18.0 Å². The fraction of sp³-hybridized carbons (Fsp3) is 0.294. The lowest BCUT2D eigenvalue weighted by atomic mass is 9.97. The summed E-state index contributed by atoms with van der Waals surface area (Å²) in [5.74, 6) is -0.0342. The normalized spacial score (nSPS) is 16.4. The van der Waals surface area contributed by atoms with Crippen molar-refractivity contribution in [3.05, 3.63) is 39.9 Å². The molecule has 150 valence electrons. The minimum absolute atomic E-state index is 0.0342. The number of amides is 2. The molecule has 2 aromatic rings. The number of rotatable bonds is 4. The van der Waals surface area contributed by atoms with Gasteiger partial charge in [-0.15, -0.1) is 11.3 Å². The summed E-state index contributed by atoms with van der Waals surface area (Å²) in [6.07, 6.45) is -0.874. The number of nitrogens with zero attached hydrogens (tertiary/aromatic N) is 5. The SMILES string of the molecule is CCNC(=O)NC1CC(c2nc(C(F)(F)F)cs2)=C(c2cnc(C#N)nc2)C=N1. The maximum absolute atomic E-state index is 13.0. The molecular formula is C17H14F3N7OS. The number of halogens is 3. The summed E-state index contributed by atoms with van der Waals surface area (Å²) in [4.78, 5) is 27.6. The molecule has 3 rings (SSSR count). The quantitative estimate of drug-likeness (QED) is 0.788. The Hall–Kier alpha value is -3.33. The van der Waals surface area contributed by atoms with Crippen molar-refractivity contribution in [2.45, 2.75) is 25.7 Å². The van der Waals surface area contributed by atoms with Gasteiger partial charge in [0.25, 0.3) is 0 Å². The fourth-order valence-electron chi connectivity index (χ4n) is 2.57. The maximum atomic E-state index is 13.0. The Morgan fingerprint density at radius 2 is 2.10 bits per heavy atom. The number of hydrogen-bond donors (Lipinski definition) is 2. The van der Waals surface area contributed by atoms with Gasteiger partial charge in [-0.3, -0.25) is 4.99 Å². The molecule has 1 aliphatic heterocycles. The number of aliphatic imine (C=N–C) groups is 1. The van der Waals surface area contributed by atoms with E-state index in [1.165, 1.54) is 18.6 Å². The topological polar surface area (TPSA) is 116 Å². The first kappa shape index (κ1) is 20.4. The van der Waals surface area contributed by atoms with Gasteiger partial charge >= 0.3 is 12.2 Å². The van der Waals surface area contributed by atoms with Crippen LogP contribution in [0.5, 0.6) is 0 Å². The van der Waals surface area contributed by atoms with E-state index in [1.807, 2.05) is 0 Å². The number of thiazole rings is 1. The van der Waals surface area contributed by atoms with Gasteiger partial charge in [-0.05, 0) is 6.92 Å². The van der Waals surface area contributed by atoms with Gasteiger partial charge in [0, 0.05) is 53.7 Å². The molecule has 2 N–H and O–H groups in total. The molecule has 0 saturated carbocycles. The first-order valence-corrected chi connectivity index (χ1v) is 9.26. The monoisotopic (exact) mass is 421 g/mol. The van der Waals surface area contributed by atoms with Crippen molar-refractivity contribution in [3.8, 4) is 6.07 Å². The van der Waals surface area contributed by atoms with Crippen LogP contribution in [0.15, 0.2) is 22.8 Å². The van der Waals surface area contributed by atoms with E-state index in [-0.39, 0.29) is 17.3 Å². The number of dihydropyridines is 1. The number of nitrogens with one attached hydrogen (secondary N) is 2. The average molecular weight is 421 g/mol. The zero-order valence-corrected chi connectivity index (χ0v) is 15.8. The Bertz CT molecular complexity index is 1010. The summed E-state index contributed by atoms with van der Waals surface area (Å²) >= 11 is 0.848. The zero-order chi connectivity index (χ0) is 21.0. The Balaban J connectivity index is 1.99. The summed E-state index contributed by atoms with van der Waals surface area (Å²) in [7, 11) is 0. The van der Waals surface area contributed by atoms with Crippen molar-refractivity contribution in [2.24, 2.45) is 4.99 Å². The highest BCUT2D eigenvalue weighted by molar-refractivity contribution is 7.11. The first-order chi connectivity index (χ1) is 13.8. The minimum atomic E-state index is -4.56. The standard InChI is InChI=1S/C17H14F3N7OS/c1-2-22-16(28)27-13-3-10(15-26-12(8-29-15)17(18,19)20)11(7-25-13)9-5-23-14(4-21)24-6-9/h5-8,13H,2-3H2,1H3,(H2,22,27,28). The number of allylic oxidation sites excluding steroid dienone is 1. The van der Waals surface area contributed by atoms with Crippen LogP contribution in [0.3, 0.4) is 0 Å². The van der Waals surface area contributed by atoms with Gasteiger partial charge in [-0.2, -0.15) is 18.4 Å². The third-order valence-corrected chi connectivity index (χ3v) is 4.76. The summed E-state index contributed by atoms with van der Waals surface area (Å²) in [5.41, 5.74) is 0.432. The summed E-state index contributed by atoms with van der Waals surface area (Å²) in [6, 6.07) is 1.36. The molecule has 1 atom stereocenters. The molecule has 12 heteroatoms. The van der Waals surface area contributed by atoms with E-state index >= 15 is 0 Å². The first-order valence-electron chi connectivity index (χ1n) is 8.38. The van der Waals surface area contributed by atoms with Gasteiger partial charge < -0.3 is 10.6 Å². The molecule has 3 heterocycles. The van der Waals surface area contributed by atoms with Crippen LogP contribution < -0.4 is 10.6 Å². The summed E-state index contributed by atoms with van der Waals surface area (Å²) in [6.45, 7) is 2.17. The molecule has 2 aromatic heterocycles. The van der Waals surface area contributed by atoms with E-state index in [0.29, 0.717) is 23.3 Å². The van der Waals surface area contributed by atoms with Crippen LogP contribution in [-0.4, -0.2) is 39.9 Å². The van der Waals surface area contributed by atoms with E-state index in [2.05, 4.69) is 30.6 Å². The molecule has 29 heavy (non-hydrogen) atoms. The molecule has 0 radical (unpaired) electrons. The van der Waals surface area contributed by atoms with Gasteiger partial charge in [0.2, 0.25) is 5.82 Å². The second-order valence-corrected chi connectivity index (χ2v) is 6.70. The molecule has 0 spiro atoms. The Morgan fingerprint density at radius 1 is 1.38 bits per heavy atom. The zero-order valence-electron chi connectivity index (χ0n) is 15.0. The predicted octanol–water partition coefficient (Wildman–Crippen LogP) is 2.85. The van der Waals surface area contributed by atoms with Crippen LogP contribution in [0.25, 0.3) is 11.1 Å². The number of aromatic nitrogens is 3. The maximum Gasteiger partial charge on any atom is 0.434 e. The Kier molecular flexibility index (Phi) is 5.88. The van der Waals surface area contributed by atoms with Crippen molar-refractivity contribution in [3.63, 3.8) is 0 Å².